The second-order valence-corrected chi connectivity index (χ2v) is 7.96. The van der Waals surface area contributed by atoms with Crippen molar-refractivity contribution in [1.29, 1.82) is 0 Å². The number of hydrogen-bond donors (Lipinski definition) is 0. The fourth-order valence-corrected chi connectivity index (χ4v) is 2.70. The van der Waals surface area contributed by atoms with Crippen molar-refractivity contribution in [3.8, 4) is 17.2 Å². The molecule has 0 aliphatic heterocycles. The molecule has 3 rings (SSSR count). The lowest BCUT2D eigenvalue weighted by molar-refractivity contribution is -0.142. The molecule has 0 unspecified atom stereocenters. The maximum Gasteiger partial charge on any atom is 0.338 e. The van der Waals surface area contributed by atoms with Gasteiger partial charge in [0, 0.05) is 6.07 Å². The van der Waals surface area contributed by atoms with Crippen LogP contribution in [0.2, 0.25) is 0 Å². The molecule has 0 radical (unpaired) electrons. The standard InChI is InChI=1S/C24H24O7/c1-6-28-22(26)15-7-9-16(10-8-15)30-21-14(2)29-19-13-17(11-12-18(19)20(21)25)31-23(27)24(3,4)5/h7-13H,6H2,1-5H3. The zero-order valence-corrected chi connectivity index (χ0v) is 18.1. The van der Waals surface area contributed by atoms with Crippen LogP contribution in [-0.4, -0.2) is 18.5 Å². The predicted octanol–water partition coefficient (Wildman–Crippen LogP) is 5.02. The van der Waals surface area contributed by atoms with Crippen LogP contribution >= 0.6 is 0 Å². The van der Waals surface area contributed by atoms with Gasteiger partial charge in [0.2, 0.25) is 11.2 Å². The Labute approximate surface area is 179 Å². The lowest BCUT2D eigenvalue weighted by atomic mass is 9.97. The van der Waals surface area contributed by atoms with Crippen LogP contribution in [-0.2, 0) is 9.53 Å². The Morgan fingerprint density at radius 3 is 2.26 bits per heavy atom. The molecule has 0 atom stereocenters. The number of carbonyl (C=O) groups excluding carboxylic acids is 2. The Balaban J connectivity index is 1.89. The predicted molar refractivity (Wildman–Crippen MR) is 115 cm³/mol. The molecular weight excluding hydrogens is 400 g/mol. The van der Waals surface area contributed by atoms with Crippen LogP contribution in [0, 0.1) is 12.3 Å². The van der Waals surface area contributed by atoms with Crippen molar-refractivity contribution in [2.75, 3.05) is 6.61 Å². The van der Waals surface area contributed by atoms with E-state index in [0.29, 0.717) is 16.7 Å². The van der Waals surface area contributed by atoms with E-state index >= 15 is 0 Å². The maximum absolute atomic E-state index is 12.9. The number of fused-ring (bicyclic) bond motifs is 1. The highest BCUT2D eigenvalue weighted by Crippen LogP contribution is 2.28. The van der Waals surface area contributed by atoms with Gasteiger partial charge in [-0.05, 0) is 71.0 Å². The first kappa shape index (κ1) is 22.1. The minimum atomic E-state index is -0.660. The quantitative estimate of drug-likeness (QED) is 0.419. The zero-order chi connectivity index (χ0) is 22.8. The summed E-state index contributed by atoms with van der Waals surface area (Å²) in [6.07, 6.45) is 0. The fraction of sp³-hybridized carbons (Fsp3) is 0.292. The molecule has 7 heteroatoms. The number of esters is 2. The first-order valence-electron chi connectivity index (χ1n) is 9.85. The van der Waals surface area contributed by atoms with Gasteiger partial charge in [-0.2, -0.15) is 0 Å². The van der Waals surface area contributed by atoms with Gasteiger partial charge in [-0.3, -0.25) is 9.59 Å². The van der Waals surface area contributed by atoms with Crippen molar-refractivity contribution in [3.05, 3.63) is 64.0 Å². The molecule has 0 spiro atoms. The average molecular weight is 424 g/mol. The van der Waals surface area contributed by atoms with Crippen LogP contribution in [0.1, 0.15) is 43.8 Å². The van der Waals surface area contributed by atoms with Gasteiger partial charge in [-0.1, -0.05) is 0 Å². The smallest absolute Gasteiger partial charge is 0.338 e. The van der Waals surface area contributed by atoms with Crippen molar-refractivity contribution in [1.82, 2.24) is 0 Å². The molecule has 162 valence electrons. The van der Waals surface area contributed by atoms with E-state index in [1.54, 1.807) is 58.9 Å². The van der Waals surface area contributed by atoms with Gasteiger partial charge in [0.15, 0.2) is 0 Å². The number of hydrogen-bond acceptors (Lipinski definition) is 7. The highest BCUT2D eigenvalue weighted by molar-refractivity contribution is 5.89. The molecule has 7 nitrogen and oxygen atoms in total. The summed E-state index contributed by atoms with van der Waals surface area (Å²) in [4.78, 5) is 36.8. The van der Waals surface area contributed by atoms with E-state index < -0.39 is 17.4 Å². The van der Waals surface area contributed by atoms with Gasteiger partial charge in [0.1, 0.15) is 22.8 Å². The Hall–Kier alpha value is -3.61. The second kappa shape index (κ2) is 8.63. The van der Waals surface area contributed by atoms with Crippen LogP contribution in [0.4, 0.5) is 0 Å². The number of rotatable bonds is 5. The summed E-state index contributed by atoms with van der Waals surface area (Å²) >= 11 is 0. The minimum absolute atomic E-state index is 0.0378. The molecule has 31 heavy (non-hydrogen) atoms. The number of benzene rings is 2. The Morgan fingerprint density at radius 1 is 1.00 bits per heavy atom. The summed E-state index contributed by atoms with van der Waals surface area (Å²) in [5.74, 6) is 0.148. The van der Waals surface area contributed by atoms with E-state index in [4.69, 9.17) is 18.6 Å². The van der Waals surface area contributed by atoms with Gasteiger partial charge in [0.25, 0.3) is 0 Å². The summed E-state index contributed by atoms with van der Waals surface area (Å²) in [6, 6.07) is 10.8. The lowest BCUT2D eigenvalue weighted by Crippen LogP contribution is -2.25. The van der Waals surface area contributed by atoms with E-state index in [0.717, 1.165) is 0 Å². The first-order valence-corrected chi connectivity index (χ1v) is 9.85. The van der Waals surface area contributed by atoms with Crippen molar-refractivity contribution >= 4 is 22.9 Å². The van der Waals surface area contributed by atoms with Crippen molar-refractivity contribution in [2.45, 2.75) is 34.6 Å². The molecule has 0 saturated heterocycles. The van der Waals surface area contributed by atoms with Crippen molar-refractivity contribution in [3.63, 3.8) is 0 Å². The van der Waals surface area contributed by atoms with Crippen molar-refractivity contribution in [2.24, 2.45) is 5.41 Å². The Bertz CT molecular complexity index is 1180. The number of aryl methyl sites for hydroxylation is 1. The Morgan fingerprint density at radius 2 is 1.65 bits per heavy atom. The molecule has 0 fully saturated rings. The van der Waals surface area contributed by atoms with Crippen molar-refractivity contribution < 1.29 is 28.2 Å². The lowest BCUT2D eigenvalue weighted by Gasteiger charge is -2.16. The second-order valence-electron chi connectivity index (χ2n) is 7.96. The molecular formula is C24H24O7. The molecule has 3 aromatic rings. The summed E-state index contributed by atoms with van der Waals surface area (Å²) in [7, 11) is 0. The van der Waals surface area contributed by atoms with E-state index in [1.165, 1.54) is 18.2 Å². The first-order chi connectivity index (χ1) is 14.6. The van der Waals surface area contributed by atoms with Crippen LogP contribution in [0.15, 0.2) is 51.7 Å². The van der Waals surface area contributed by atoms with Gasteiger partial charge in [-0.15, -0.1) is 0 Å². The topological polar surface area (TPSA) is 92.0 Å². The number of carbonyl (C=O) groups is 2. The van der Waals surface area contributed by atoms with Crippen LogP contribution in [0.5, 0.6) is 17.2 Å². The summed E-state index contributed by atoms with van der Waals surface area (Å²) in [5, 5.41) is 0.291. The molecule has 2 aromatic carbocycles. The highest BCUT2D eigenvalue weighted by Gasteiger charge is 2.24. The van der Waals surface area contributed by atoms with Crippen LogP contribution < -0.4 is 14.9 Å². The number of ether oxygens (including phenoxy) is 3. The van der Waals surface area contributed by atoms with E-state index in [2.05, 4.69) is 0 Å². The third-order valence-electron chi connectivity index (χ3n) is 4.40. The Kier molecular flexibility index (Phi) is 6.15. The molecule has 1 heterocycles. The average Bonchev–Trinajstić information content (AvgIpc) is 2.71. The van der Waals surface area contributed by atoms with Gasteiger partial charge in [-0.25, -0.2) is 4.79 Å². The molecule has 1 aromatic heterocycles. The monoisotopic (exact) mass is 424 g/mol. The van der Waals surface area contributed by atoms with Crippen LogP contribution in [0.3, 0.4) is 0 Å². The maximum atomic E-state index is 12.9. The van der Waals surface area contributed by atoms with Gasteiger partial charge in [0.05, 0.1) is 23.0 Å². The molecule has 0 amide bonds. The van der Waals surface area contributed by atoms with E-state index in [-0.39, 0.29) is 34.9 Å². The molecule has 0 aliphatic carbocycles. The fourth-order valence-electron chi connectivity index (χ4n) is 2.70. The summed E-state index contributed by atoms with van der Waals surface area (Å²) in [5.41, 5.74) is -0.353. The largest absolute Gasteiger partial charge is 0.462 e. The highest BCUT2D eigenvalue weighted by atomic mass is 16.5. The third-order valence-corrected chi connectivity index (χ3v) is 4.40. The molecule has 0 aliphatic rings. The van der Waals surface area contributed by atoms with Gasteiger partial charge >= 0.3 is 11.9 Å². The zero-order valence-electron chi connectivity index (χ0n) is 18.1. The SMILES string of the molecule is CCOC(=O)c1ccc(Oc2c(C)oc3cc(OC(=O)C(C)(C)C)ccc3c2=O)cc1. The van der Waals surface area contributed by atoms with E-state index in [1.807, 2.05) is 0 Å². The summed E-state index contributed by atoms with van der Waals surface area (Å²) in [6.45, 7) is 8.88. The van der Waals surface area contributed by atoms with Crippen LogP contribution in [0.25, 0.3) is 11.0 Å². The van der Waals surface area contributed by atoms with Gasteiger partial charge < -0.3 is 18.6 Å². The normalized spacial score (nSPS) is 11.3. The molecule has 0 bridgehead atoms. The summed E-state index contributed by atoms with van der Waals surface area (Å²) < 4.78 is 21.8. The molecule has 0 N–H and O–H groups in total. The van der Waals surface area contributed by atoms with E-state index in [9.17, 15) is 14.4 Å². The third kappa shape index (κ3) is 4.94. The molecule has 0 saturated carbocycles. The minimum Gasteiger partial charge on any atom is -0.462 e.